The molecule has 1 amide bonds. The molecule has 0 aromatic heterocycles. The third-order valence-electron chi connectivity index (χ3n) is 4.36. The molecule has 0 unspecified atom stereocenters. The molecular weight excluding hydrogens is 308 g/mol. The SMILES string of the molecule is CCOC(=O)[C@@H]1CCCN([C@@H](C)C(=O)Nc2ccccc2OC)C1. The molecule has 0 bridgehead atoms. The number of amides is 1. The molecule has 0 aliphatic carbocycles. The number of hydrogen-bond donors (Lipinski definition) is 1. The molecule has 1 aliphatic heterocycles. The monoisotopic (exact) mass is 334 g/mol. The molecular formula is C18H26N2O4. The summed E-state index contributed by atoms with van der Waals surface area (Å²) in [5.74, 6) is 0.199. The Hall–Kier alpha value is -2.08. The molecule has 6 nitrogen and oxygen atoms in total. The second-order valence-corrected chi connectivity index (χ2v) is 5.95. The highest BCUT2D eigenvalue weighted by atomic mass is 16.5. The Morgan fingerprint density at radius 2 is 2.12 bits per heavy atom. The molecule has 1 N–H and O–H groups in total. The maximum absolute atomic E-state index is 12.6. The molecule has 1 fully saturated rings. The van der Waals surface area contributed by atoms with Crippen LogP contribution in [0.5, 0.6) is 5.75 Å². The zero-order chi connectivity index (χ0) is 17.5. The number of esters is 1. The summed E-state index contributed by atoms with van der Waals surface area (Å²) in [5.41, 5.74) is 0.649. The van der Waals surface area contributed by atoms with E-state index in [9.17, 15) is 9.59 Å². The molecule has 1 saturated heterocycles. The van der Waals surface area contributed by atoms with Crippen molar-refractivity contribution in [2.75, 3.05) is 32.1 Å². The molecule has 2 atom stereocenters. The highest BCUT2D eigenvalue weighted by molar-refractivity contribution is 5.95. The first-order valence-electron chi connectivity index (χ1n) is 8.41. The molecule has 1 aliphatic rings. The van der Waals surface area contributed by atoms with Gasteiger partial charge in [-0.2, -0.15) is 0 Å². The molecule has 1 heterocycles. The number of para-hydroxylation sites is 2. The number of carbonyl (C=O) groups excluding carboxylic acids is 2. The fourth-order valence-electron chi connectivity index (χ4n) is 2.96. The van der Waals surface area contributed by atoms with Crippen molar-refractivity contribution in [3.05, 3.63) is 24.3 Å². The summed E-state index contributed by atoms with van der Waals surface area (Å²) in [4.78, 5) is 26.5. The van der Waals surface area contributed by atoms with Crippen LogP contribution in [-0.2, 0) is 14.3 Å². The molecule has 24 heavy (non-hydrogen) atoms. The number of ether oxygens (including phenoxy) is 2. The van der Waals surface area contributed by atoms with Crippen LogP contribution in [0.25, 0.3) is 0 Å². The summed E-state index contributed by atoms with van der Waals surface area (Å²) in [6.07, 6.45) is 1.70. The van der Waals surface area contributed by atoms with E-state index in [4.69, 9.17) is 9.47 Å². The van der Waals surface area contributed by atoms with Crippen LogP contribution in [0.4, 0.5) is 5.69 Å². The van der Waals surface area contributed by atoms with Gasteiger partial charge in [-0.25, -0.2) is 0 Å². The number of hydrogen-bond acceptors (Lipinski definition) is 5. The first-order valence-corrected chi connectivity index (χ1v) is 8.41. The zero-order valence-corrected chi connectivity index (χ0v) is 14.6. The van der Waals surface area contributed by atoms with E-state index < -0.39 is 0 Å². The zero-order valence-electron chi connectivity index (χ0n) is 14.6. The van der Waals surface area contributed by atoms with Gasteiger partial charge in [0, 0.05) is 6.54 Å². The van der Waals surface area contributed by atoms with E-state index in [1.165, 1.54) is 0 Å². The lowest BCUT2D eigenvalue weighted by Crippen LogP contribution is -2.48. The molecule has 0 radical (unpaired) electrons. The van der Waals surface area contributed by atoms with Gasteiger partial charge in [0.1, 0.15) is 5.75 Å². The highest BCUT2D eigenvalue weighted by Gasteiger charge is 2.31. The average Bonchev–Trinajstić information content (AvgIpc) is 2.61. The van der Waals surface area contributed by atoms with E-state index >= 15 is 0 Å². The molecule has 0 spiro atoms. The summed E-state index contributed by atoms with van der Waals surface area (Å²) >= 11 is 0. The van der Waals surface area contributed by atoms with Crippen LogP contribution in [0.3, 0.4) is 0 Å². The van der Waals surface area contributed by atoms with E-state index in [2.05, 4.69) is 5.32 Å². The van der Waals surface area contributed by atoms with E-state index in [1.807, 2.05) is 30.9 Å². The van der Waals surface area contributed by atoms with Crippen LogP contribution in [0.2, 0.25) is 0 Å². The van der Waals surface area contributed by atoms with Gasteiger partial charge >= 0.3 is 5.97 Å². The number of nitrogens with zero attached hydrogens (tertiary/aromatic N) is 1. The lowest BCUT2D eigenvalue weighted by molar-refractivity contribution is -0.150. The molecule has 0 saturated carbocycles. The fraction of sp³-hybridized carbons (Fsp3) is 0.556. The maximum atomic E-state index is 12.6. The highest BCUT2D eigenvalue weighted by Crippen LogP contribution is 2.24. The van der Waals surface area contributed by atoms with Gasteiger partial charge in [-0.15, -0.1) is 0 Å². The number of carbonyl (C=O) groups is 2. The Balaban J connectivity index is 1.98. The first kappa shape index (κ1) is 18.3. The Labute approximate surface area is 143 Å². The average molecular weight is 334 g/mol. The van der Waals surface area contributed by atoms with E-state index in [-0.39, 0.29) is 23.8 Å². The minimum atomic E-state index is -0.327. The van der Waals surface area contributed by atoms with Gasteiger partial charge in [0.15, 0.2) is 0 Å². The second kappa shape index (κ2) is 8.68. The number of rotatable bonds is 6. The van der Waals surface area contributed by atoms with Crippen LogP contribution in [-0.4, -0.2) is 49.6 Å². The molecule has 1 aromatic rings. The summed E-state index contributed by atoms with van der Waals surface area (Å²) in [5, 5.41) is 2.91. The van der Waals surface area contributed by atoms with Crippen molar-refractivity contribution in [1.29, 1.82) is 0 Å². The van der Waals surface area contributed by atoms with E-state index in [0.29, 0.717) is 24.6 Å². The Kier molecular flexibility index (Phi) is 6.61. The minimum Gasteiger partial charge on any atom is -0.495 e. The van der Waals surface area contributed by atoms with Crippen molar-refractivity contribution in [2.45, 2.75) is 32.7 Å². The predicted molar refractivity (Wildman–Crippen MR) is 92.0 cm³/mol. The van der Waals surface area contributed by atoms with Gasteiger partial charge in [-0.05, 0) is 45.4 Å². The largest absolute Gasteiger partial charge is 0.495 e. The molecule has 1 aromatic carbocycles. The smallest absolute Gasteiger partial charge is 0.310 e. The maximum Gasteiger partial charge on any atom is 0.310 e. The number of likely N-dealkylation sites (tertiary alicyclic amines) is 1. The van der Waals surface area contributed by atoms with Crippen molar-refractivity contribution >= 4 is 17.6 Å². The van der Waals surface area contributed by atoms with Gasteiger partial charge in [0.25, 0.3) is 0 Å². The van der Waals surface area contributed by atoms with Gasteiger partial charge < -0.3 is 14.8 Å². The predicted octanol–water partition coefficient (Wildman–Crippen LogP) is 2.30. The topological polar surface area (TPSA) is 67.9 Å². The molecule has 2 rings (SSSR count). The van der Waals surface area contributed by atoms with Gasteiger partial charge in [0.05, 0.1) is 31.4 Å². The van der Waals surface area contributed by atoms with Crippen LogP contribution in [0.15, 0.2) is 24.3 Å². The number of methoxy groups -OCH3 is 1. The summed E-state index contributed by atoms with van der Waals surface area (Å²) < 4.78 is 10.4. The normalized spacial score (nSPS) is 19.4. The van der Waals surface area contributed by atoms with E-state index in [1.54, 1.807) is 19.2 Å². The van der Waals surface area contributed by atoms with Gasteiger partial charge in [-0.3, -0.25) is 14.5 Å². The Morgan fingerprint density at radius 3 is 2.83 bits per heavy atom. The Morgan fingerprint density at radius 1 is 1.38 bits per heavy atom. The minimum absolute atomic E-state index is 0.107. The molecule has 132 valence electrons. The van der Waals surface area contributed by atoms with Gasteiger partial charge in [0.2, 0.25) is 5.91 Å². The van der Waals surface area contributed by atoms with Crippen LogP contribution in [0, 0.1) is 5.92 Å². The third kappa shape index (κ3) is 4.47. The number of piperidine rings is 1. The standard InChI is InChI=1S/C18H26N2O4/c1-4-24-18(22)14-8-7-11-20(12-14)13(2)17(21)19-15-9-5-6-10-16(15)23-3/h5-6,9-10,13-14H,4,7-8,11-12H2,1-3H3,(H,19,21)/t13-,14+/m0/s1. The third-order valence-corrected chi connectivity index (χ3v) is 4.36. The van der Waals surface area contributed by atoms with Crippen molar-refractivity contribution in [3.63, 3.8) is 0 Å². The van der Waals surface area contributed by atoms with Crippen molar-refractivity contribution in [1.82, 2.24) is 4.90 Å². The van der Waals surface area contributed by atoms with Gasteiger partial charge in [-0.1, -0.05) is 12.1 Å². The van der Waals surface area contributed by atoms with Crippen molar-refractivity contribution in [3.8, 4) is 5.75 Å². The molecule has 6 heteroatoms. The van der Waals surface area contributed by atoms with Crippen LogP contribution >= 0.6 is 0 Å². The fourth-order valence-corrected chi connectivity index (χ4v) is 2.96. The number of anilines is 1. The lowest BCUT2D eigenvalue weighted by Gasteiger charge is -2.35. The van der Waals surface area contributed by atoms with E-state index in [0.717, 1.165) is 19.4 Å². The quantitative estimate of drug-likeness (QED) is 0.809. The number of nitrogens with one attached hydrogen (secondary N) is 1. The van der Waals surface area contributed by atoms with Crippen molar-refractivity contribution in [2.24, 2.45) is 5.92 Å². The van der Waals surface area contributed by atoms with Crippen molar-refractivity contribution < 1.29 is 19.1 Å². The number of benzene rings is 1. The van der Waals surface area contributed by atoms with Crippen LogP contribution < -0.4 is 10.1 Å². The van der Waals surface area contributed by atoms with Crippen LogP contribution in [0.1, 0.15) is 26.7 Å². The summed E-state index contributed by atoms with van der Waals surface area (Å²) in [6, 6.07) is 6.98. The second-order valence-electron chi connectivity index (χ2n) is 5.95. The lowest BCUT2D eigenvalue weighted by atomic mass is 9.97. The Bertz CT molecular complexity index is 576. The summed E-state index contributed by atoms with van der Waals surface area (Å²) in [7, 11) is 1.57. The first-order chi connectivity index (χ1) is 11.6. The summed E-state index contributed by atoms with van der Waals surface area (Å²) in [6.45, 7) is 5.41.